The highest BCUT2D eigenvalue weighted by Gasteiger charge is 2.29. The van der Waals surface area contributed by atoms with Crippen molar-refractivity contribution >= 4 is 17.3 Å². The lowest BCUT2D eigenvalue weighted by Gasteiger charge is -2.36. The van der Waals surface area contributed by atoms with Crippen molar-refractivity contribution in [1.82, 2.24) is 0 Å². The molecule has 2 N–H and O–H groups in total. The maximum absolute atomic E-state index is 12.9. The fourth-order valence-corrected chi connectivity index (χ4v) is 4.07. The number of nitrogens with zero attached hydrogens (tertiary/aromatic N) is 1. The van der Waals surface area contributed by atoms with Gasteiger partial charge in [-0.1, -0.05) is 17.7 Å². The molecule has 2 aromatic carbocycles. The van der Waals surface area contributed by atoms with Crippen molar-refractivity contribution in [2.24, 2.45) is 0 Å². The van der Waals surface area contributed by atoms with Gasteiger partial charge >= 0.3 is 0 Å². The van der Waals surface area contributed by atoms with E-state index in [1.54, 1.807) is 7.11 Å². The van der Waals surface area contributed by atoms with Crippen molar-refractivity contribution in [3.8, 4) is 5.75 Å². The molecule has 0 aromatic heterocycles. The summed E-state index contributed by atoms with van der Waals surface area (Å²) in [5.74, 6) is 0.975. The summed E-state index contributed by atoms with van der Waals surface area (Å²) in [4.78, 5) is 16.6. The third-order valence-corrected chi connectivity index (χ3v) is 5.77. The van der Waals surface area contributed by atoms with Gasteiger partial charge in [0.2, 0.25) is 0 Å². The van der Waals surface area contributed by atoms with Crippen molar-refractivity contribution in [1.29, 1.82) is 0 Å². The first kappa shape index (κ1) is 20.2. The monoisotopic (exact) mass is 382 g/mol. The first-order valence-electron chi connectivity index (χ1n) is 10.0. The number of hydrogen-bond acceptors (Lipinski definition) is 3. The van der Waals surface area contributed by atoms with Gasteiger partial charge in [0.1, 0.15) is 5.75 Å². The largest absolute Gasteiger partial charge is 0.497 e. The second-order valence-corrected chi connectivity index (χ2v) is 7.83. The molecule has 1 aliphatic heterocycles. The minimum absolute atomic E-state index is 0.0712. The second-order valence-electron chi connectivity index (χ2n) is 7.83. The van der Waals surface area contributed by atoms with Crippen molar-refractivity contribution < 1.29 is 14.4 Å². The number of carbonyl (C=O) groups is 1. The lowest BCUT2D eigenvalue weighted by molar-refractivity contribution is -0.914. The molecule has 0 spiro atoms. The Morgan fingerprint density at radius 2 is 1.64 bits per heavy atom. The molecule has 5 heteroatoms. The fraction of sp³-hybridized carbons (Fsp3) is 0.435. The minimum Gasteiger partial charge on any atom is -0.497 e. The summed E-state index contributed by atoms with van der Waals surface area (Å²) in [5, 5.41) is 3.17. The van der Waals surface area contributed by atoms with Crippen LogP contribution in [0.3, 0.4) is 0 Å². The zero-order valence-electron chi connectivity index (χ0n) is 17.6. The van der Waals surface area contributed by atoms with Gasteiger partial charge in [0.05, 0.1) is 33.3 Å². The van der Waals surface area contributed by atoms with E-state index in [1.807, 2.05) is 19.1 Å². The van der Waals surface area contributed by atoms with E-state index < -0.39 is 0 Å². The number of ether oxygens (including phenoxy) is 1. The number of rotatable bonds is 5. The third-order valence-electron chi connectivity index (χ3n) is 5.77. The van der Waals surface area contributed by atoms with Crippen molar-refractivity contribution in [3.05, 3.63) is 53.1 Å². The maximum atomic E-state index is 12.9. The summed E-state index contributed by atoms with van der Waals surface area (Å²) >= 11 is 0. The van der Waals surface area contributed by atoms with Crippen LogP contribution >= 0.6 is 0 Å². The van der Waals surface area contributed by atoms with Gasteiger partial charge < -0.3 is 19.9 Å². The number of anilines is 2. The van der Waals surface area contributed by atoms with E-state index in [4.69, 9.17) is 4.74 Å². The summed E-state index contributed by atoms with van der Waals surface area (Å²) in [7, 11) is 1.68. The molecule has 3 rings (SSSR count). The Balaban J connectivity index is 1.58. The van der Waals surface area contributed by atoms with E-state index in [1.165, 1.54) is 16.2 Å². The van der Waals surface area contributed by atoms with E-state index in [0.717, 1.165) is 48.7 Å². The van der Waals surface area contributed by atoms with Crippen LogP contribution in [0.5, 0.6) is 5.75 Å². The van der Waals surface area contributed by atoms with Gasteiger partial charge in [0.25, 0.3) is 5.91 Å². The van der Waals surface area contributed by atoms with Gasteiger partial charge in [-0.3, -0.25) is 4.79 Å². The number of aryl methyl sites for hydroxylation is 3. The standard InChI is InChI=1S/C23H31N3O2/c1-16-14-17(2)22(18(3)15-16)24-23(27)19(4)25-10-12-26(13-11-25)20-6-8-21(28-5)9-7-20/h6-9,14-15,19H,10-13H2,1-5H3,(H,24,27)/p+1/t19-/m1/s1. The number of hydrogen-bond donors (Lipinski definition) is 2. The highest BCUT2D eigenvalue weighted by atomic mass is 16.5. The fourth-order valence-electron chi connectivity index (χ4n) is 4.07. The average Bonchev–Trinajstić information content (AvgIpc) is 2.70. The normalized spacial score (nSPS) is 16.0. The predicted molar refractivity (Wildman–Crippen MR) is 115 cm³/mol. The molecule has 0 radical (unpaired) electrons. The Morgan fingerprint density at radius 1 is 1.07 bits per heavy atom. The van der Waals surface area contributed by atoms with Crippen LogP contribution in [0, 0.1) is 20.8 Å². The Hall–Kier alpha value is -2.53. The predicted octanol–water partition coefficient (Wildman–Crippen LogP) is 2.35. The molecule has 5 nitrogen and oxygen atoms in total. The molecule has 0 bridgehead atoms. The molecule has 0 saturated carbocycles. The van der Waals surface area contributed by atoms with Crippen LogP contribution in [0.25, 0.3) is 0 Å². The van der Waals surface area contributed by atoms with E-state index in [9.17, 15) is 4.79 Å². The quantitative estimate of drug-likeness (QED) is 0.835. The number of carbonyl (C=O) groups excluding carboxylic acids is 1. The first-order valence-corrected chi connectivity index (χ1v) is 10.0. The molecule has 0 aliphatic carbocycles. The molecule has 2 aromatic rings. The summed E-state index contributed by atoms with van der Waals surface area (Å²) in [6, 6.07) is 12.4. The molecular formula is C23H32N3O2+. The van der Waals surface area contributed by atoms with Gasteiger partial charge in [0.15, 0.2) is 6.04 Å². The summed E-state index contributed by atoms with van der Waals surface area (Å²) in [6.07, 6.45) is 0. The van der Waals surface area contributed by atoms with Crippen LogP contribution < -0.4 is 19.9 Å². The smallest absolute Gasteiger partial charge is 0.282 e. The van der Waals surface area contributed by atoms with E-state index in [0.29, 0.717) is 0 Å². The van der Waals surface area contributed by atoms with Crippen LogP contribution in [-0.4, -0.2) is 45.2 Å². The molecule has 0 unspecified atom stereocenters. The topological polar surface area (TPSA) is 46.0 Å². The Bertz CT molecular complexity index is 801. The zero-order valence-corrected chi connectivity index (χ0v) is 17.6. The SMILES string of the molecule is COc1ccc(N2CC[NH+]([C@H](C)C(=O)Nc3c(C)cc(C)cc3C)CC2)cc1. The van der Waals surface area contributed by atoms with Crippen LogP contribution in [0.1, 0.15) is 23.6 Å². The lowest BCUT2D eigenvalue weighted by Crippen LogP contribution is -3.19. The Morgan fingerprint density at radius 3 is 2.18 bits per heavy atom. The Kier molecular flexibility index (Phi) is 6.25. The van der Waals surface area contributed by atoms with Crippen LogP contribution in [0.15, 0.2) is 36.4 Å². The van der Waals surface area contributed by atoms with Crippen LogP contribution in [0.2, 0.25) is 0 Å². The summed E-state index contributed by atoms with van der Waals surface area (Å²) in [6.45, 7) is 12.0. The van der Waals surface area contributed by atoms with Gasteiger partial charge in [0, 0.05) is 11.4 Å². The summed E-state index contributed by atoms with van der Waals surface area (Å²) < 4.78 is 5.24. The molecule has 28 heavy (non-hydrogen) atoms. The number of methoxy groups -OCH3 is 1. The van der Waals surface area contributed by atoms with Crippen molar-refractivity contribution in [2.75, 3.05) is 43.5 Å². The minimum atomic E-state index is -0.0712. The lowest BCUT2D eigenvalue weighted by atomic mass is 10.0. The van der Waals surface area contributed by atoms with Gasteiger partial charge in [-0.2, -0.15) is 0 Å². The van der Waals surface area contributed by atoms with Crippen molar-refractivity contribution in [3.63, 3.8) is 0 Å². The molecule has 1 fully saturated rings. The number of quaternary nitrogens is 1. The van der Waals surface area contributed by atoms with Gasteiger partial charge in [-0.05, 0) is 63.1 Å². The number of nitrogens with one attached hydrogen (secondary N) is 2. The molecular weight excluding hydrogens is 350 g/mol. The van der Waals surface area contributed by atoms with Crippen molar-refractivity contribution in [2.45, 2.75) is 33.7 Å². The van der Waals surface area contributed by atoms with Crippen LogP contribution in [0.4, 0.5) is 11.4 Å². The average molecular weight is 383 g/mol. The Labute approximate surface area is 168 Å². The van der Waals surface area contributed by atoms with Gasteiger partial charge in [-0.25, -0.2) is 0 Å². The molecule has 1 aliphatic rings. The van der Waals surface area contributed by atoms with E-state index in [-0.39, 0.29) is 11.9 Å². The second kappa shape index (κ2) is 8.65. The highest BCUT2D eigenvalue weighted by Crippen LogP contribution is 2.22. The number of amides is 1. The zero-order chi connectivity index (χ0) is 20.3. The highest BCUT2D eigenvalue weighted by molar-refractivity contribution is 5.95. The molecule has 1 amide bonds. The molecule has 1 heterocycles. The van der Waals surface area contributed by atoms with Gasteiger partial charge in [-0.15, -0.1) is 0 Å². The molecule has 1 atom stereocenters. The van der Waals surface area contributed by atoms with E-state index >= 15 is 0 Å². The van der Waals surface area contributed by atoms with Crippen LogP contribution in [-0.2, 0) is 4.79 Å². The molecule has 150 valence electrons. The number of benzene rings is 2. The third kappa shape index (κ3) is 4.47. The first-order chi connectivity index (χ1) is 13.4. The number of piperazine rings is 1. The summed E-state index contributed by atoms with van der Waals surface area (Å²) in [5.41, 5.74) is 5.64. The van der Waals surface area contributed by atoms with E-state index in [2.05, 4.69) is 55.3 Å². The molecule has 1 saturated heterocycles. The maximum Gasteiger partial charge on any atom is 0.282 e.